The summed E-state index contributed by atoms with van der Waals surface area (Å²) in [6, 6.07) is 16.4. The van der Waals surface area contributed by atoms with Gasteiger partial charge in [0.1, 0.15) is 0 Å². The van der Waals surface area contributed by atoms with E-state index in [0.29, 0.717) is 12.1 Å². The number of fused-ring (bicyclic) bond motifs is 1. The van der Waals surface area contributed by atoms with Crippen molar-refractivity contribution in [2.45, 2.75) is 45.2 Å². The average Bonchev–Trinajstić information content (AvgIpc) is 2.83. The molecule has 0 bridgehead atoms. The van der Waals surface area contributed by atoms with E-state index >= 15 is 0 Å². The molecule has 0 spiro atoms. The molecule has 2 aromatic carbocycles. The molecule has 0 aliphatic heterocycles. The molecule has 19 heavy (non-hydrogen) atoms. The molecule has 0 aromatic heterocycles. The fraction of sp³-hybridized carbons (Fsp3) is 0.444. The summed E-state index contributed by atoms with van der Waals surface area (Å²) in [4.78, 5) is 0. The molecule has 0 heterocycles. The van der Waals surface area contributed by atoms with E-state index in [4.69, 9.17) is 0 Å². The summed E-state index contributed by atoms with van der Waals surface area (Å²) in [7, 11) is 0. The minimum atomic E-state index is 0.427. The second-order valence-electron chi connectivity index (χ2n) is 5.97. The molecule has 0 saturated heterocycles. The maximum Gasteiger partial charge on any atom is 0.0300 e. The summed E-state index contributed by atoms with van der Waals surface area (Å²) in [5.41, 5.74) is 1.43. The van der Waals surface area contributed by atoms with Crippen LogP contribution in [0.25, 0.3) is 10.8 Å². The average molecular weight is 253 g/mol. The number of benzene rings is 2. The van der Waals surface area contributed by atoms with Gasteiger partial charge in [-0.25, -0.2) is 0 Å². The van der Waals surface area contributed by atoms with Gasteiger partial charge in [-0.3, -0.25) is 0 Å². The van der Waals surface area contributed by atoms with Gasteiger partial charge in [0.15, 0.2) is 0 Å². The van der Waals surface area contributed by atoms with Crippen LogP contribution < -0.4 is 5.32 Å². The Labute approximate surface area is 116 Å². The van der Waals surface area contributed by atoms with E-state index in [1.165, 1.54) is 35.6 Å². The van der Waals surface area contributed by atoms with Gasteiger partial charge in [0.05, 0.1) is 0 Å². The van der Waals surface area contributed by atoms with Gasteiger partial charge in [-0.05, 0) is 42.0 Å². The van der Waals surface area contributed by atoms with E-state index in [1.54, 1.807) is 0 Å². The molecule has 3 atom stereocenters. The normalized spacial score (nSPS) is 24.7. The molecular formula is C18H23N. The smallest absolute Gasteiger partial charge is 0.0300 e. The zero-order valence-corrected chi connectivity index (χ0v) is 11.9. The van der Waals surface area contributed by atoms with Gasteiger partial charge in [0.2, 0.25) is 0 Å². The third-order valence-electron chi connectivity index (χ3n) is 4.62. The van der Waals surface area contributed by atoms with Crippen molar-refractivity contribution in [3.8, 4) is 0 Å². The highest BCUT2D eigenvalue weighted by Gasteiger charge is 2.24. The largest absolute Gasteiger partial charge is 0.307 e. The van der Waals surface area contributed by atoms with E-state index in [1.807, 2.05) is 0 Å². The fourth-order valence-electron chi connectivity index (χ4n) is 3.43. The lowest BCUT2D eigenvalue weighted by Crippen LogP contribution is -2.33. The van der Waals surface area contributed by atoms with Crippen LogP contribution in [0.1, 0.15) is 44.7 Å². The van der Waals surface area contributed by atoms with Crippen LogP contribution >= 0.6 is 0 Å². The summed E-state index contributed by atoms with van der Waals surface area (Å²) in [5.74, 6) is 0.817. The highest BCUT2D eigenvalue weighted by atomic mass is 15.0. The van der Waals surface area contributed by atoms with Gasteiger partial charge in [-0.15, -0.1) is 0 Å². The molecule has 0 amide bonds. The van der Waals surface area contributed by atoms with E-state index in [0.717, 1.165) is 5.92 Å². The maximum atomic E-state index is 3.84. The zero-order valence-electron chi connectivity index (χ0n) is 11.9. The Morgan fingerprint density at radius 2 is 1.84 bits per heavy atom. The molecule has 3 unspecified atom stereocenters. The van der Waals surface area contributed by atoms with Crippen LogP contribution in [-0.4, -0.2) is 6.04 Å². The van der Waals surface area contributed by atoms with Crippen LogP contribution in [0.2, 0.25) is 0 Å². The molecule has 1 aliphatic carbocycles. The van der Waals surface area contributed by atoms with Crippen molar-refractivity contribution in [1.82, 2.24) is 5.32 Å². The Morgan fingerprint density at radius 1 is 1.05 bits per heavy atom. The van der Waals surface area contributed by atoms with Crippen LogP contribution in [0, 0.1) is 5.92 Å². The van der Waals surface area contributed by atoms with Crippen LogP contribution in [0.5, 0.6) is 0 Å². The lowest BCUT2D eigenvalue weighted by atomic mass is 9.98. The number of hydrogen-bond donors (Lipinski definition) is 1. The third kappa shape index (κ3) is 2.52. The molecule has 1 nitrogen and oxygen atoms in total. The summed E-state index contributed by atoms with van der Waals surface area (Å²) < 4.78 is 0. The first kappa shape index (κ1) is 12.7. The summed E-state index contributed by atoms with van der Waals surface area (Å²) in [5, 5.41) is 6.56. The molecule has 1 saturated carbocycles. The number of nitrogens with one attached hydrogen (secondary N) is 1. The molecule has 3 rings (SSSR count). The quantitative estimate of drug-likeness (QED) is 0.837. The minimum absolute atomic E-state index is 0.427. The first-order valence-corrected chi connectivity index (χ1v) is 7.49. The molecule has 100 valence electrons. The van der Waals surface area contributed by atoms with Crippen molar-refractivity contribution in [3.05, 3.63) is 48.0 Å². The lowest BCUT2D eigenvalue weighted by molar-refractivity contribution is 0.389. The van der Waals surface area contributed by atoms with Crippen LogP contribution in [-0.2, 0) is 0 Å². The van der Waals surface area contributed by atoms with Gasteiger partial charge >= 0.3 is 0 Å². The van der Waals surface area contributed by atoms with Gasteiger partial charge in [-0.1, -0.05) is 55.8 Å². The second-order valence-corrected chi connectivity index (χ2v) is 5.97. The molecule has 0 radical (unpaired) electrons. The molecule has 1 N–H and O–H groups in total. The van der Waals surface area contributed by atoms with Crippen molar-refractivity contribution in [1.29, 1.82) is 0 Å². The van der Waals surface area contributed by atoms with E-state index in [9.17, 15) is 0 Å². The van der Waals surface area contributed by atoms with Crippen molar-refractivity contribution in [2.24, 2.45) is 5.92 Å². The Hall–Kier alpha value is -1.34. The minimum Gasteiger partial charge on any atom is -0.307 e. The van der Waals surface area contributed by atoms with E-state index < -0.39 is 0 Å². The SMILES string of the molecule is CC(NC1CCCC1C)c1cccc2ccccc12. The van der Waals surface area contributed by atoms with E-state index in [2.05, 4.69) is 61.6 Å². The van der Waals surface area contributed by atoms with Crippen LogP contribution in [0.3, 0.4) is 0 Å². The summed E-state index contributed by atoms with van der Waals surface area (Å²) in [6.45, 7) is 4.67. The lowest BCUT2D eigenvalue weighted by Gasteiger charge is -2.24. The molecule has 1 aliphatic rings. The van der Waals surface area contributed by atoms with Gasteiger partial charge in [0, 0.05) is 12.1 Å². The van der Waals surface area contributed by atoms with Crippen molar-refractivity contribution in [2.75, 3.05) is 0 Å². The van der Waals surface area contributed by atoms with Crippen LogP contribution in [0.15, 0.2) is 42.5 Å². The highest BCUT2D eigenvalue weighted by Crippen LogP contribution is 2.29. The maximum absolute atomic E-state index is 3.84. The zero-order chi connectivity index (χ0) is 13.2. The number of rotatable bonds is 3. The van der Waals surface area contributed by atoms with Crippen molar-refractivity contribution < 1.29 is 0 Å². The fourth-order valence-corrected chi connectivity index (χ4v) is 3.43. The predicted molar refractivity (Wildman–Crippen MR) is 82.3 cm³/mol. The first-order chi connectivity index (χ1) is 9.25. The van der Waals surface area contributed by atoms with Crippen molar-refractivity contribution in [3.63, 3.8) is 0 Å². The Morgan fingerprint density at radius 3 is 2.63 bits per heavy atom. The summed E-state index contributed by atoms with van der Waals surface area (Å²) in [6.07, 6.45) is 4.08. The standard InChI is InChI=1S/C18H23N/c1-13-7-5-12-18(13)19-14(2)16-11-6-9-15-8-3-4-10-17(15)16/h3-4,6,8-11,13-14,18-19H,5,7,12H2,1-2H3. The highest BCUT2D eigenvalue weighted by molar-refractivity contribution is 5.86. The molecule has 1 fully saturated rings. The predicted octanol–water partition coefficient (Wildman–Crippen LogP) is 4.68. The molecular weight excluding hydrogens is 230 g/mol. The Balaban J connectivity index is 1.87. The number of hydrogen-bond acceptors (Lipinski definition) is 1. The first-order valence-electron chi connectivity index (χ1n) is 7.49. The topological polar surface area (TPSA) is 12.0 Å². The Kier molecular flexibility index (Phi) is 3.56. The van der Waals surface area contributed by atoms with Gasteiger partial charge < -0.3 is 5.32 Å². The van der Waals surface area contributed by atoms with E-state index in [-0.39, 0.29) is 0 Å². The van der Waals surface area contributed by atoms with Crippen molar-refractivity contribution >= 4 is 10.8 Å². The van der Waals surface area contributed by atoms with Crippen LogP contribution in [0.4, 0.5) is 0 Å². The monoisotopic (exact) mass is 253 g/mol. The van der Waals surface area contributed by atoms with Gasteiger partial charge in [0.25, 0.3) is 0 Å². The second kappa shape index (κ2) is 5.34. The molecule has 2 aromatic rings. The Bertz CT molecular complexity index is 555. The van der Waals surface area contributed by atoms with Gasteiger partial charge in [-0.2, -0.15) is 0 Å². The molecule has 1 heteroatoms. The third-order valence-corrected chi connectivity index (χ3v) is 4.62. The summed E-state index contributed by atoms with van der Waals surface area (Å²) >= 11 is 0.